The molecular weight excluding hydrogens is 296 g/mol. The topological polar surface area (TPSA) is 76.8 Å². The zero-order valence-corrected chi connectivity index (χ0v) is 14.0. The lowest BCUT2D eigenvalue weighted by Crippen LogP contribution is -2.48. The Balaban J connectivity index is 1.82. The van der Waals surface area contributed by atoms with Crippen LogP contribution in [0.1, 0.15) is 37.4 Å². The predicted octanol–water partition coefficient (Wildman–Crippen LogP) is 0.571. The number of carbonyl (C=O) groups is 1. The number of carbonyl (C=O) groups excluding carboxylic acids is 1. The molecule has 0 radical (unpaired) electrons. The molecule has 0 aromatic carbocycles. The van der Waals surface area contributed by atoms with Crippen molar-refractivity contribution in [3.8, 4) is 0 Å². The highest BCUT2D eigenvalue weighted by Crippen LogP contribution is 2.26. The quantitative estimate of drug-likeness (QED) is 0.758. The van der Waals surface area contributed by atoms with Crippen LogP contribution in [0.4, 0.5) is 0 Å². The minimum atomic E-state index is -0.922. The average molecular weight is 318 g/mol. The Labute approximate surface area is 134 Å². The summed E-state index contributed by atoms with van der Waals surface area (Å²) in [6.45, 7) is 6.50. The zero-order chi connectivity index (χ0) is 16.8. The summed E-state index contributed by atoms with van der Waals surface area (Å²) in [6, 6.07) is 0. The second kappa shape index (κ2) is 5.47. The van der Waals surface area contributed by atoms with Gasteiger partial charge in [-0.25, -0.2) is 4.98 Å². The van der Waals surface area contributed by atoms with Gasteiger partial charge in [-0.1, -0.05) is 5.16 Å². The van der Waals surface area contributed by atoms with Crippen molar-refractivity contribution in [3.05, 3.63) is 27.4 Å². The van der Waals surface area contributed by atoms with Gasteiger partial charge in [-0.15, -0.1) is 0 Å². The summed E-state index contributed by atoms with van der Waals surface area (Å²) in [5.41, 5.74) is 1.42. The molecule has 0 saturated carbocycles. The lowest BCUT2D eigenvalue weighted by Gasteiger charge is -2.28. The molecule has 0 aliphatic carbocycles. The molecule has 0 spiro atoms. The summed E-state index contributed by atoms with van der Waals surface area (Å²) in [5.74, 6) is 0.628. The number of rotatable bonds is 1. The van der Waals surface area contributed by atoms with Crippen molar-refractivity contribution < 1.29 is 9.63 Å². The summed E-state index contributed by atoms with van der Waals surface area (Å²) in [4.78, 5) is 36.9. The molecular formula is C16H22N4O3. The fraction of sp³-hybridized carbons (Fsp3) is 0.625. The molecule has 0 unspecified atom stereocenters. The molecule has 0 N–H and O–H groups in total. The Morgan fingerprint density at radius 2 is 1.96 bits per heavy atom. The fourth-order valence-electron chi connectivity index (χ4n) is 3.25. The van der Waals surface area contributed by atoms with Gasteiger partial charge in [-0.05, 0) is 27.2 Å². The Morgan fingerprint density at radius 1 is 1.26 bits per heavy atom. The SMILES string of the molecule is CC1=NO[C@@](C)(C(=O)N2CCc3nc(C)n(C)c(=O)c3CC2)C1. The zero-order valence-electron chi connectivity index (χ0n) is 14.0. The first-order valence-corrected chi connectivity index (χ1v) is 7.88. The van der Waals surface area contributed by atoms with Crippen LogP contribution >= 0.6 is 0 Å². The fourth-order valence-corrected chi connectivity index (χ4v) is 3.25. The van der Waals surface area contributed by atoms with Gasteiger partial charge in [0.1, 0.15) is 5.82 Å². The van der Waals surface area contributed by atoms with Crippen LogP contribution in [0.25, 0.3) is 0 Å². The van der Waals surface area contributed by atoms with E-state index in [9.17, 15) is 9.59 Å². The molecule has 0 bridgehead atoms. The Kier molecular flexibility index (Phi) is 3.74. The molecule has 0 fully saturated rings. The maximum Gasteiger partial charge on any atom is 0.269 e. The molecule has 3 heterocycles. The maximum absolute atomic E-state index is 12.8. The van der Waals surface area contributed by atoms with E-state index in [2.05, 4.69) is 10.1 Å². The number of aryl methyl sites for hydroxylation is 1. The number of nitrogens with zero attached hydrogens (tertiary/aromatic N) is 4. The van der Waals surface area contributed by atoms with Crippen LogP contribution in [0, 0.1) is 6.92 Å². The summed E-state index contributed by atoms with van der Waals surface area (Å²) in [5, 5.41) is 3.91. The van der Waals surface area contributed by atoms with Crippen LogP contribution in [0.15, 0.2) is 9.95 Å². The first-order valence-electron chi connectivity index (χ1n) is 7.88. The summed E-state index contributed by atoms with van der Waals surface area (Å²) >= 11 is 0. The Hall–Kier alpha value is -2.18. The van der Waals surface area contributed by atoms with E-state index < -0.39 is 5.60 Å². The van der Waals surface area contributed by atoms with Gasteiger partial charge in [-0.3, -0.25) is 14.2 Å². The van der Waals surface area contributed by atoms with Gasteiger partial charge in [0.2, 0.25) is 5.60 Å². The smallest absolute Gasteiger partial charge is 0.269 e. The highest BCUT2D eigenvalue weighted by molar-refractivity contribution is 5.94. The van der Waals surface area contributed by atoms with Gasteiger partial charge in [0.25, 0.3) is 11.5 Å². The summed E-state index contributed by atoms with van der Waals surface area (Å²) in [6.07, 6.45) is 1.62. The highest BCUT2D eigenvalue weighted by atomic mass is 16.7. The van der Waals surface area contributed by atoms with E-state index in [0.29, 0.717) is 38.2 Å². The van der Waals surface area contributed by atoms with Crippen molar-refractivity contribution in [1.82, 2.24) is 14.5 Å². The van der Waals surface area contributed by atoms with Crippen LogP contribution < -0.4 is 5.56 Å². The van der Waals surface area contributed by atoms with Crippen molar-refractivity contribution in [2.24, 2.45) is 12.2 Å². The Bertz CT molecular complexity index is 752. The molecule has 1 aromatic heterocycles. The second-order valence-corrected chi connectivity index (χ2v) is 6.57. The van der Waals surface area contributed by atoms with Crippen LogP contribution in [0.3, 0.4) is 0 Å². The largest absolute Gasteiger partial charge is 0.379 e. The third kappa shape index (κ3) is 2.64. The number of fused-ring (bicyclic) bond motifs is 1. The lowest BCUT2D eigenvalue weighted by molar-refractivity contribution is -0.153. The van der Waals surface area contributed by atoms with E-state index in [0.717, 1.165) is 17.0 Å². The average Bonchev–Trinajstić information content (AvgIpc) is 2.74. The molecule has 7 nitrogen and oxygen atoms in total. The van der Waals surface area contributed by atoms with E-state index in [1.165, 1.54) is 0 Å². The number of amides is 1. The van der Waals surface area contributed by atoms with Gasteiger partial charge >= 0.3 is 0 Å². The van der Waals surface area contributed by atoms with E-state index >= 15 is 0 Å². The normalized spacial score (nSPS) is 23.8. The second-order valence-electron chi connectivity index (χ2n) is 6.57. The van der Waals surface area contributed by atoms with E-state index in [1.54, 1.807) is 23.4 Å². The van der Waals surface area contributed by atoms with Crippen molar-refractivity contribution >= 4 is 11.6 Å². The minimum absolute atomic E-state index is 0.00990. The van der Waals surface area contributed by atoms with Crippen LogP contribution in [0.5, 0.6) is 0 Å². The van der Waals surface area contributed by atoms with Crippen molar-refractivity contribution in [2.75, 3.05) is 13.1 Å². The van der Waals surface area contributed by atoms with E-state index in [4.69, 9.17) is 4.84 Å². The molecule has 1 atom stereocenters. The number of oxime groups is 1. The van der Waals surface area contributed by atoms with Crippen LogP contribution in [0.2, 0.25) is 0 Å². The predicted molar refractivity (Wildman–Crippen MR) is 85.4 cm³/mol. The maximum atomic E-state index is 12.8. The third-order valence-corrected chi connectivity index (χ3v) is 4.68. The number of hydrogen-bond donors (Lipinski definition) is 0. The van der Waals surface area contributed by atoms with Crippen molar-refractivity contribution in [3.63, 3.8) is 0 Å². The van der Waals surface area contributed by atoms with Crippen LogP contribution in [-0.4, -0.2) is 44.8 Å². The van der Waals surface area contributed by atoms with Gasteiger partial charge in [0.15, 0.2) is 0 Å². The molecule has 7 heteroatoms. The van der Waals surface area contributed by atoms with Crippen LogP contribution in [-0.2, 0) is 29.5 Å². The van der Waals surface area contributed by atoms with E-state index in [-0.39, 0.29) is 11.5 Å². The highest BCUT2D eigenvalue weighted by Gasteiger charge is 2.43. The molecule has 2 aliphatic rings. The monoisotopic (exact) mass is 318 g/mol. The first kappa shape index (κ1) is 15.7. The van der Waals surface area contributed by atoms with Gasteiger partial charge in [-0.2, -0.15) is 0 Å². The molecule has 2 aliphatic heterocycles. The van der Waals surface area contributed by atoms with Gasteiger partial charge in [0, 0.05) is 38.5 Å². The molecule has 124 valence electrons. The summed E-state index contributed by atoms with van der Waals surface area (Å²) in [7, 11) is 1.73. The first-order chi connectivity index (χ1) is 10.8. The molecule has 3 rings (SSSR count). The molecule has 23 heavy (non-hydrogen) atoms. The summed E-state index contributed by atoms with van der Waals surface area (Å²) < 4.78 is 1.56. The molecule has 1 aromatic rings. The lowest BCUT2D eigenvalue weighted by atomic mass is 9.98. The Morgan fingerprint density at radius 3 is 2.61 bits per heavy atom. The van der Waals surface area contributed by atoms with Gasteiger partial charge in [0.05, 0.1) is 11.4 Å². The van der Waals surface area contributed by atoms with E-state index in [1.807, 2.05) is 13.8 Å². The van der Waals surface area contributed by atoms with Crippen molar-refractivity contribution in [1.29, 1.82) is 0 Å². The van der Waals surface area contributed by atoms with Crippen molar-refractivity contribution in [2.45, 2.75) is 45.6 Å². The standard InChI is InChI=1S/C16H22N4O3/c1-10-9-16(3,23-18-10)15(22)20-7-5-12-13(6-8-20)17-11(2)19(4)14(12)21/h5-9H2,1-4H3/t16-/m1/s1. The number of hydrogen-bond acceptors (Lipinski definition) is 5. The van der Waals surface area contributed by atoms with Gasteiger partial charge < -0.3 is 9.74 Å². The minimum Gasteiger partial charge on any atom is -0.379 e. The number of aromatic nitrogens is 2. The molecule has 1 amide bonds. The molecule has 0 saturated heterocycles. The third-order valence-electron chi connectivity index (χ3n) is 4.68.